The Morgan fingerprint density at radius 2 is 2.25 bits per heavy atom. The Hall–Kier alpha value is -2.14. The van der Waals surface area contributed by atoms with E-state index in [1.165, 1.54) is 12.7 Å². The second-order valence-corrected chi connectivity index (χ2v) is 4.65. The van der Waals surface area contributed by atoms with Crippen LogP contribution in [0.1, 0.15) is 18.1 Å². The van der Waals surface area contributed by atoms with Crippen LogP contribution in [0.25, 0.3) is 0 Å². The third-order valence-corrected chi connectivity index (χ3v) is 3.11. The van der Waals surface area contributed by atoms with Crippen LogP contribution in [0.4, 0.5) is 0 Å². The fourth-order valence-electron chi connectivity index (χ4n) is 1.87. The molecule has 1 unspecified atom stereocenters. The van der Waals surface area contributed by atoms with Gasteiger partial charge in [-0.15, -0.1) is 0 Å². The van der Waals surface area contributed by atoms with Crippen molar-refractivity contribution >= 4 is 5.91 Å². The summed E-state index contributed by atoms with van der Waals surface area (Å²) in [5, 5.41) is 2.85. The number of carbonyl (C=O) groups is 1. The number of amides is 1. The van der Waals surface area contributed by atoms with Crippen molar-refractivity contribution in [3.63, 3.8) is 0 Å². The Kier molecular flexibility index (Phi) is 4.90. The number of ether oxygens (including phenoxy) is 1. The molecule has 1 atom stereocenters. The van der Waals surface area contributed by atoms with Gasteiger partial charge in [0.1, 0.15) is 6.10 Å². The topological polar surface area (TPSA) is 56.1 Å². The summed E-state index contributed by atoms with van der Waals surface area (Å²) < 4.78 is 6.98. The summed E-state index contributed by atoms with van der Waals surface area (Å²) in [5.74, 6) is -0.104. The number of imidazole rings is 1. The standard InChI is InChI=1S/C15H19N3O2/c1-12(20-2)15(19)17-9-13-4-3-5-14(8-13)10-18-7-6-16-11-18/h3-8,11-12H,9-10H2,1-2H3,(H,17,19). The second kappa shape index (κ2) is 6.86. The number of aromatic nitrogens is 2. The van der Waals surface area contributed by atoms with Gasteiger partial charge in [0.05, 0.1) is 6.33 Å². The van der Waals surface area contributed by atoms with E-state index >= 15 is 0 Å². The summed E-state index contributed by atoms with van der Waals surface area (Å²) in [5.41, 5.74) is 2.24. The van der Waals surface area contributed by atoms with Crippen molar-refractivity contribution in [2.45, 2.75) is 26.1 Å². The highest BCUT2D eigenvalue weighted by atomic mass is 16.5. The molecule has 0 saturated heterocycles. The second-order valence-electron chi connectivity index (χ2n) is 4.65. The Morgan fingerprint density at radius 1 is 1.45 bits per heavy atom. The molecule has 5 heteroatoms. The molecular weight excluding hydrogens is 254 g/mol. The predicted octanol–water partition coefficient (Wildman–Crippen LogP) is 1.58. The summed E-state index contributed by atoms with van der Waals surface area (Å²) >= 11 is 0. The highest BCUT2D eigenvalue weighted by Gasteiger charge is 2.10. The molecule has 0 radical (unpaired) electrons. The molecule has 0 bridgehead atoms. The molecule has 0 spiro atoms. The molecule has 0 aliphatic rings. The van der Waals surface area contributed by atoms with Gasteiger partial charge >= 0.3 is 0 Å². The summed E-state index contributed by atoms with van der Waals surface area (Å²) in [6.45, 7) is 3.01. The van der Waals surface area contributed by atoms with Gasteiger partial charge in [-0.2, -0.15) is 0 Å². The number of nitrogens with one attached hydrogen (secondary N) is 1. The molecule has 1 aromatic heterocycles. The van der Waals surface area contributed by atoms with Crippen LogP contribution in [0.15, 0.2) is 43.0 Å². The van der Waals surface area contributed by atoms with E-state index in [1.54, 1.807) is 19.4 Å². The molecule has 0 saturated carbocycles. The normalized spacial score (nSPS) is 12.1. The summed E-state index contributed by atoms with van der Waals surface area (Å²) in [6.07, 6.45) is 5.05. The van der Waals surface area contributed by atoms with Gasteiger partial charge in [-0.25, -0.2) is 4.98 Å². The maximum absolute atomic E-state index is 11.6. The minimum atomic E-state index is -0.427. The number of hydrogen-bond acceptors (Lipinski definition) is 3. The first-order valence-electron chi connectivity index (χ1n) is 6.53. The van der Waals surface area contributed by atoms with E-state index in [-0.39, 0.29) is 5.91 Å². The van der Waals surface area contributed by atoms with Crippen LogP contribution in [0, 0.1) is 0 Å². The van der Waals surface area contributed by atoms with E-state index in [2.05, 4.69) is 22.4 Å². The van der Waals surface area contributed by atoms with Crippen molar-refractivity contribution in [3.05, 3.63) is 54.1 Å². The lowest BCUT2D eigenvalue weighted by molar-refractivity contribution is -0.130. The van der Waals surface area contributed by atoms with Crippen molar-refractivity contribution in [2.75, 3.05) is 7.11 Å². The van der Waals surface area contributed by atoms with Crippen molar-refractivity contribution < 1.29 is 9.53 Å². The minimum absolute atomic E-state index is 0.104. The third kappa shape index (κ3) is 3.93. The van der Waals surface area contributed by atoms with E-state index in [9.17, 15) is 4.79 Å². The lowest BCUT2D eigenvalue weighted by Crippen LogP contribution is -2.33. The van der Waals surface area contributed by atoms with E-state index in [0.29, 0.717) is 6.54 Å². The molecule has 0 aliphatic heterocycles. The van der Waals surface area contributed by atoms with Crippen LogP contribution >= 0.6 is 0 Å². The zero-order valence-corrected chi connectivity index (χ0v) is 11.7. The molecule has 1 heterocycles. The SMILES string of the molecule is COC(C)C(=O)NCc1cccc(Cn2ccnc2)c1. The summed E-state index contributed by atoms with van der Waals surface area (Å²) in [4.78, 5) is 15.7. The van der Waals surface area contributed by atoms with E-state index in [4.69, 9.17) is 4.74 Å². The summed E-state index contributed by atoms with van der Waals surface area (Å²) in [6, 6.07) is 8.13. The van der Waals surface area contributed by atoms with E-state index in [1.807, 2.05) is 22.9 Å². The van der Waals surface area contributed by atoms with Crippen LogP contribution in [-0.4, -0.2) is 28.7 Å². The fourth-order valence-corrected chi connectivity index (χ4v) is 1.87. The number of rotatable bonds is 6. The van der Waals surface area contributed by atoms with Gasteiger partial charge in [0.2, 0.25) is 5.91 Å². The van der Waals surface area contributed by atoms with Crippen molar-refractivity contribution in [3.8, 4) is 0 Å². The summed E-state index contributed by atoms with van der Waals surface area (Å²) in [7, 11) is 1.52. The number of nitrogens with zero attached hydrogens (tertiary/aromatic N) is 2. The van der Waals surface area contributed by atoms with Gasteiger partial charge in [-0.3, -0.25) is 4.79 Å². The highest BCUT2D eigenvalue weighted by molar-refractivity contribution is 5.80. The van der Waals surface area contributed by atoms with Crippen LogP contribution in [0.2, 0.25) is 0 Å². The van der Waals surface area contributed by atoms with Crippen molar-refractivity contribution in [1.29, 1.82) is 0 Å². The first kappa shape index (κ1) is 14.3. The smallest absolute Gasteiger partial charge is 0.249 e. The van der Waals surface area contributed by atoms with Crippen LogP contribution in [0.5, 0.6) is 0 Å². The van der Waals surface area contributed by atoms with Gasteiger partial charge < -0.3 is 14.6 Å². The highest BCUT2D eigenvalue weighted by Crippen LogP contribution is 2.07. The van der Waals surface area contributed by atoms with Crippen molar-refractivity contribution in [1.82, 2.24) is 14.9 Å². The Bertz CT molecular complexity index is 552. The predicted molar refractivity (Wildman–Crippen MR) is 76.1 cm³/mol. The molecule has 1 amide bonds. The number of methoxy groups -OCH3 is 1. The number of carbonyl (C=O) groups excluding carboxylic acids is 1. The lowest BCUT2D eigenvalue weighted by Gasteiger charge is -2.11. The molecule has 106 valence electrons. The number of hydrogen-bond donors (Lipinski definition) is 1. The molecule has 2 rings (SSSR count). The van der Waals surface area contributed by atoms with Gasteiger partial charge in [-0.1, -0.05) is 24.3 Å². The lowest BCUT2D eigenvalue weighted by atomic mass is 10.1. The van der Waals surface area contributed by atoms with Gasteiger partial charge in [-0.05, 0) is 18.1 Å². The van der Waals surface area contributed by atoms with Gasteiger partial charge in [0, 0.05) is 32.6 Å². The quantitative estimate of drug-likeness (QED) is 0.869. The minimum Gasteiger partial charge on any atom is -0.372 e. The number of benzene rings is 1. The Morgan fingerprint density at radius 3 is 2.95 bits per heavy atom. The maximum Gasteiger partial charge on any atom is 0.249 e. The largest absolute Gasteiger partial charge is 0.372 e. The zero-order valence-electron chi connectivity index (χ0n) is 11.7. The van der Waals surface area contributed by atoms with Crippen LogP contribution in [-0.2, 0) is 22.6 Å². The molecule has 2 aromatic rings. The van der Waals surface area contributed by atoms with Crippen LogP contribution in [0.3, 0.4) is 0 Å². The first-order valence-corrected chi connectivity index (χ1v) is 6.53. The maximum atomic E-state index is 11.6. The zero-order chi connectivity index (χ0) is 14.4. The molecule has 1 aromatic carbocycles. The molecule has 1 N–H and O–H groups in total. The van der Waals surface area contributed by atoms with Crippen molar-refractivity contribution in [2.24, 2.45) is 0 Å². The molecule has 20 heavy (non-hydrogen) atoms. The Balaban J connectivity index is 1.94. The van der Waals surface area contributed by atoms with E-state index in [0.717, 1.165) is 12.1 Å². The molecule has 0 fully saturated rings. The molecular formula is C15H19N3O2. The van der Waals surface area contributed by atoms with E-state index < -0.39 is 6.10 Å². The monoisotopic (exact) mass is 273 g/mol. The molecule has 0 aliphatic carbocycles. The average molecular weight is 273 g/mol. The van der Waals surface area contributed by atoms with Gasteiger partial charge in [0.15, 0.2) is 0 Å². The third-order valence-electron chi connectivity index (χ3n) is 3.11. The van der Waals surface area contributed by atoms with Gasteiger partial charge in [0.25, 0.3) is 0 Å². The average Bonchev–Trinajstić information content (AvgIpc) is 2.97. The first-order chi connectivity index (χ1) is 9.69. The molecule has 5 nitrogen and oxygen atoms in total. The fraction of sp³-hybridized carbons (Fsp3) is 0.333. The van der Waals surface area contributed by atoms with Crippen LogP contribution < -0.4 is 5.32 Å². The Labute approximate surface area is 118 Å².